The number of aliphatic hydroxyl groups excluding tert-OH is 1. The molecule has 1 aromatic rings. The van der Waals surface area contributed by atoms with Crippen LogP contribution in [-0.2, 0) is 0 Å². The lowest BCUT2D eigenvalue weighted by Gasteiger charge is -2.20. The first-order valence-corrected chi connectivity index (χ1v) is 5.63. The molecular weight excluding hydrogens is 254 g/mol. The van der Waals surface area contributed by atoms with Gasteiger partial charge in [-0.05, 0) is 12.0 Å². The van der Waals surface area contributed by atoms with E-state index in [1.54, 1.807) is 0 Å². The lowest BCUT2D eigenvalue weighted by Crippen LogP contribution is -2.30. The Balaban J connectivity index is 3.17. The number of aromatic carboxylic acids is 1. The van der Waals surface area contributed by atoms with E-state index in [4.69, 9.17) is 5.11 Å². The molecule has 104 valence electrons. The number of hydrogen-bond donors (Lipinski definition) is 3. The molecule has 1 rings (SSSR count). The van der Waals surface area contributed by atoms with E-state index < -0.39 is 16.9 Å². The van der Waals surface area contributed by atoms with E-state index in [0.717, 1.165) is 12.1 Å². The van der Waals surface area contributed by atoms with Gasteiger partial charge in [0.1, 0.15) is 0 Å². The first kappa shape index (κ1) is 14.8. The second kappa shape index (κ2) is 6.10. The van der Waals surface area contributed by atoms with Crippen molar-refractivity contribution in [1.82, 2.24) is 4.98 Å². The molecule has 0 saturated carbocycles. The lowest BCUT2D eigenvalue weighted by molar-refractivity contribution is -0.384. The smallest absolute Gasteiger partial charge is 0.354 e. The zero-order valence-electron chi connectivity index (χ0n) is 10.5. The van der Waals surface area contributed by atoms with Gasteiger partial charge in [-0.3, -0.25) is 10.1 Å². The van der Waals surface area contributed by atoms with E-state index >= 15 is 0 Å². The van der Waals surface area contributed by atoms with Gasteiger partial charge in [0, 0.05) is 6.07 Å². The molecule has 0 spiro atoms. The maximum Gasteiger partial charge on any atom is 0.354 e. The largest absolute Gasteiger partial charge is 0.477 e. The highest BCUT2D eigenvalue weighted by Crippen LogP contribution is 2.24. The number of aromatic nitrogens is 1. The van der Waals surface area contributed by atoms with Crippen molar-refractivity contribution in [3.8, 4) is 0 Å². The molecule has 0 aliphatic carbocycles. The van der Waals surface area contributed by atoms with Crippen molar-refractivity contribution in [1.29, 1.82) is 0 Å². The average Bonchev–Trinajstić information content (AvgIpc) is 2.34. The number of nitro groups is 1. The van der Waals surface area contributed by atoms with Crippen LogP contribution in [0.2, 0.25) is 0 Å². The van der Waals surface area contributed by atoms with E-state index in [9.17, 15) is 20.0 Å². The molecule has 0 saturated heterocycles. The van der Waals surface area contributed by atoms with Gasteiger partial charge in [0.25, 0.3) is 0 Å². The van der Waals surface area contributed by atoms with Gasteiger partial charge in [0.2, 0.25) is 5.82 Å². The number of anilines is 1. The molecule has 8 heteroatoms. The van der Waals surface area contributed by atoms with Crippen molar-refractivity contribution in [2.75, 3.05) is 11.9 Å². The molecule has 0 amide bonds. The normalized spacial score (nSPS) is 12.2. The Bertz CT molecular complexity index is 489. The molecule has 0 bridgehead atoms. The number of pyridine rings is 1. The number of carboxylic acid groups (broad SMARTS) is 1. The summed E-state index contributed by atoms with van der Waals surface area (Å²) in [5, 5.41) is 31.6. The summed E-state index contributed by atoms with van der Waals surface area (Å²) < 4.78 is 0. The van der Waals surface area contributed by atoms with Crippen molar-refractivity contribution < 1.29 is 19.9 Å². The Morgan fingerprint density at radius 3 is 2.58 bits per heavy atom. The third-order valence-corrected chi connectivity index (χ3v) is 2.61. The highest BCUT2D eigenvalue weighted by atomic mass is 16.6. The Labute approximate surface area is 109 Å². The zero-order valence-corrected chi connectivity index (χ0v) is 10.5. The molecule has 1 atom stereocenters. The van der Waals surface area contributed by atoms with Gasteiger partial charge in [-0.25, -0.2) is 9.78 Å². The Hall–Kier alpha value is -2.22. The molecular formula is C11H15N3O5. The summed E-state index contributed by atoms with van der Waals surface area (Å²) in [5.41, 5.74) is -0.627. The molecule has 0 aliphatic heterocycles. The minimum Gasteiger partial charge on any atom is -0.477 e. The molecule has 0 fully saturated rings. The van der Waals surface area contributed by atoms with Crippen LogP contribution in [0.3, 0.4) is 0 Å². The molecule has 1 heterocycles. The summed E-state index contributed by atoms with van der Waals surface area (Å²) in [7, 11) is 0. The fraction of sp³-hybridized carbons (Fsp3) is 0.455. The van der Waals surface area contributed by atoms with Crippen molar-refractivity contribution in [2.24, 2.45) is 5.92 Å². The van der Waals surface area contributed by atoms with Crippen molar-refractivity contribution in [3.05, 3.63) is 27.9 Å². The average molecular weight is 269 g/mol. The Kier molecular flexibility index (Phi) is 4.76. The summed E-state index contributed by atoms with van der Waals surface area (Å²) in [6.45, 7) is 3.40. The lowest BCUT2D eigenvalue weighted by atomic mass is 10.1. The molecule has 0 aliphatic rings. The standard InChI is InChI=1S/C11H15N3O5/c1-6(2)8(5-15)13-10-9(14(18)19)4-3-7(12-10)11(16)17/h3-4,6,8,15H,5H2,1-2H3,(H,12,13)(H,16,17)/t8-/m1/s1. The predicted octanol–water partition coefficient (Wildman–Crippen LogP) is 1.12. The van der Waals surface area contributed by atoms with Gasteiger partial charge in [0.15, 0.2) is 5.69 Å². The highest BCUT2D eigenvalue weighted by Gasteiger charge is 2.22. The molecule has 1 aromatic heterocycles. The van der Waals surface area contributed by atoms with Crippen LogP contribution in [0, 0.1) is 16.0 Å². The molecule has 0 aromatic carbocycles. The third kappa shape index (κ3) is 3.62. The maximum absolute atomic E-state index is 10.9. The van der Waals surface area contributed by atoms with E-state index in [1.807, 2.05) is 13.8 Å². The van der Waals surface area contributed by atoms with Gasteiger partial charge in [0.05, 0.1) is 17.6 Å². The maximum atomic E-state index is 10.9. The van der Waals surface area contributed by atoms with Gasteiger partial charge in [-0.2, -0.15) is 0 Å². The Morgan fingerprint density at radius 1 is 1.53 bits per heavy atom. The molecule has 3 N–H and O–H groups in total. The van der Waals surface area contributed by atoms with E-state index in [0.29, 0.717) is 0 Å². The van der Waals surface area contributed by atoms with Crippen LogP contribution >= 0.6 is 0 Å². The second-order valence-corrected chi connectivity index (χ2v) is 4.30. The van der Waals surface area contributed by atoms with Crippen LogP contribution < -0.4 is 5.32 Å². The van der Waals surface area contributed by atoms with Crippen molar-refractivity contribution in [3.63, 3.8) is 0 Å². The topological polar surface area (TPSA) is 126 Å². The second-order valence-electron chi connectivity index (χ2n) is 4.30. The van der Waals surface area contributed by atoms with Crippen molar-refractivity contribution in [2.45, 2.75) is 19.9 Å². The quantitative estimate of drug-likeness (QED) is 0.521. The van der Waals surface area contributed by atoms with Crippen LogP contribution in [0.4, 0.5) is 11.5 Å². The van der Waals surface area contributed by atoms with E-state index in [1.165, 1.54) is 0 Å². The summed E-state index contributed by atoms with van der Waals surface area (Å²) in [6.07, 6.45) is 0. The van der Waals surface area contributed by atoms with E-state index in [-0.39, 0.29) is 29.7 Å². The first-order valence-electron chi connectivity index (χ1n) is 5.63. The van der Waals surface area contributed by atoms with Crippen molar-refractivity contribution >= 4 is 17.5 Å². The molecule has 0 radical (unpaired) electrons. The monoisotopic (exact) mass is 269 g/mol. The number of carbonyl (C=O) groups is 1. The number of nitrogens with one attached hydrogen (secondary N) is 1. The van der Waals surface area contributed by atoms with Crippen LogP contribution in [0.1, 0.15) is 24.3 Å². The molecule has 8 nitrogen and oxygen atoms in total. The van der Waals surface area contributed by atoms with E-state index in [2.05, 4.69) is 10.3 Å². The number of carboxylic acids is 1. The van der Waals surface area contributed by atoms with Crippen LogP contribution in [-0.4, -0.2) is 38.7 Å². The fourth-order valence-electron chi connectivity index (χ4n) is 1.42. The Morgan fingerprint density at radius 2 is 2.16 bits per heavy atom. The highest BCUT2D eigenvalue weighted by molar-refractivity contribution is 5.86. The van der Waals surface area contributed by atoms with Crippen LogP contribution in [0.15, 0.2) is 12.1 Å². The summed E-state index contributed by atoms with van der Waals surface area (Å²) in [4.78, 5) is 24.7. The third-order valence-electron chi connectivity index (χ3n) is 2.61. The van der Waals surface area contributed by atoms with Gasteiger partial charge in [-0.15, -0.1) is 0 Å². The minimum absolute atomic E-state index is 0.000103. The fourth-order valence-corrected chi connectivity index (χ4v) is 1.42. The van der Waals surface area contributed by atoms with Gasteiger partial charge in [-0.1, -0.05) is 13.8 Å². The zero-order chi connectivity index (χ0) is 14.6. The van der Waals surface area contributed by atoms with Crippen LogP contribution in [0.5, 0.6) is 0 Å². The van der Waals surface area contributed by atoms with Gasteiger partial charge < -0.3 is 15.5 Å². The minimum atomic E-state index is -1.27. The number of aliphatic hydroxyl groups is 1. The van der Waals surface area contributed by atoms with Crippen LogP contribution in [0.25, 0.3) is 0 Å². The SMILES string of the molecule is CC(C)[C@@H](CO)Nc1nc(C(=O)O)ccc1[N+](=O)[O-]. The number of hydrogen-bond acceptors (Lipinski definition) is 6. The first-order chi connectivity index (χ1) is 8.86. The number of rotatable bonds is 6. The molecule has 0 unspecified atom stereocenters. The summed E-state index contributed by atoms with van der Waals surface area (Å²) in [6, 6.07) is 1.69. The molecule has 19 heavy (non-hydrogen) atoms. The summed E-state index contributed by atoms with van der Waals surface area (Å²) in [5.74, 6) is -1.43. The number of nitrogens with zero attached hydrogens (tertiary/aromatic N) is 2. The predicted molar refractivity (Wildman–Crippen MR) is 67.2 cm³/mol. The summed E-state index contributed by atoms with van der Waals surface area (Å²) >= 11 is 0. The van der Waals surface area contributed by atoms with Gasteiger partial charge >= 0.3 is 11.7 Å².